The molecule has 162 valence electrons. The Morgan fingerprint density at radius 1 is 0.906 bits per heavy atom. The fourth-order valence-electron chi connectivity index (χ4n) is 4.68. The first-order valence-corrected chi connectivity index (χ1v) is 10.3. The number of carbonyl (C=O) groups excluding carboxylic acids is 2. The lowest BCUT2D eigenvalue weighted by atomic mass is 9.89. The Morgan fingerprint density at radius 3 is 2.22 bits per heavy atom. The molecule has 1 unspecified atom stereocenters. The van der Waals surface area contributed by atoms with Crippen LogP contribution in [0.2, 0.25) is 5.02 Å². The van der Waals surface area contributed by atoms with Crippen LogP contribution in [0, 0.1) is 0 Å². The molecule has 4 nitrogen and oxygen atoms in total. The maximum absolute atomic E-state index is 13.6. The highest BCUT2D eigenvalue weighted by Crippen LogP contribution is 2.50. The summed E-state index contributed by atoms with van der Waals surface area (Å²) in [6.45, 7) is 0.533. The Morgan fingerprint density at radius 2 is 1.56 bits per heavy atom. The van der Waals surface area contributed by atoms with Gasteiger partial charge in [-0.2, -0.15) is 13.2 Å². The third kappa shape index (κ3) is 2.84. The molecule has 2 amide bonds. The number of alkyl halides is 3. The predicted molar refractivity (Wildman–Crippen MR) is 112 cm³/mol. The summed E-state index contributed by atoms with van der Waals surface area (Å²) < 4.78 is 38.9. The number of rotatable bonds is 2. The zero-order valence-electron chi connectivity index (χ0n) is 16.6. The fourth-order valence-corrected chi connectivity index (χ4v) is 4.81. The maximum atomic E-state index is 13.6. The van der Waals surface area contributed by atoms with E-state index >= 15 is 0 Å². The van der Waals surface area contributed by atoms with E-state index in [1.165, 1.54) is 12.1 Å². The van der Waals surface area contributed by atoms with Gasteiger partial charge in [0.25, 0.3) is 11.8 Å². The van der Waals surface area contributed by atoms with Crippen LogP contribution in [0.5, 0.6) is 0 Å². The van der Waals surface area contributed by atoms with Crippen LogP contribution in [0.1, 0.15) is 37.4 Å². The van der Waals surface area contributed by atoms with Crippen LogP contribution in [0.25, 0.3) is 0 Å². The first kappa shape index (κ1) is 20.6. The molecule has 5 rings (SSSR count). The molecule has 1 saturated heterocycles. The number of carbonyl (C=O) groups is 2. The Hall–Kier alpha value is -3.32. The second-order valence-electron chi connectivity index (χ2n) is 7.71. The van der Waals surface area contributed by atoms with E-state index in [2.05, 4.69) is 0 Å². The molecule has 2 aliphatic heterocycles. The zero-order valence-corrected chi connectivity index (χ0v) is 17.3. The summed E-state index contributed by atoms with van der Waals surface area (Å²) in [4.78, 5) is 30.0. The van der Waals surface area contributed by atoms with Gasteiger partial charge in [-0.25, -0.2) is 0 Å². The highest BCUT2D eigenvalue weighted by molar-refractivity contribution is 6.30. The molecule has 2 aliphatic rings. The molecule has 32 heavy (non-hydrogen) atoms. The van der Waals surface area contributed by atoms with Crippen molar-refractivity contribution in [3.05, 3.63) is 106 Å². The molecule has 8 heteroatoms. The minimum absolute atomic E-state index is 0.116. The summed E-state index contributed by atoms with van der Waals surface area (Å²) in [5.41, 5.74) is -0.0794. The number of nitrogens with zero attached hydrogens (tertiary/aromatic N) is 2. The molecule has 0 N–H and O–H groups in total. The molecular formula is C24H16ClF3N2O2. The van der Waals surface area contributed by atoms with Gasteiger partial charge in [0.2, 0.25) is 0 Å². The van der Waals surface area contributed by atoms with Crippen LogP contribution in [-0.4, -0.2) is 34.7 Å². The SMILES string of the molecule is O=C(c1ccc(C(F)(F)F)cc1)N1CCN2C(=O)c3ccccc3C12c1ccc(Cl)cc1. The molecule has 2 heterocycles. The topological polar surface area (TPSA) is 40.6 Å². The fraction of sp³-hybridized carbons (Fsp3) is 0.167. The molecule has 0 aromatic heterocycles. The van der Waals surface area contributed by atoms with Crippen molar-refractivity contribution < 1.29 is 22.8 Å². The molecule has 3 aromatic rings. The lowest BCUT2D eigenvalue weighted by molar-refractivity contribution is -0.137. The van der Waals surface area contributed by atoms with Crippen molar-refractivity contribution >= 4 is 23.4 Å². The standard InChI is InChI=1S/C24H16ClF3N2O2/c25-18-11-9-16(10-12-18)23-20-4-2-1-3-19(20)22(32)30(23)14-13-29(23)21(31)15-5-7-17(8-6-15)24(26,27)28/h1-12H,13-14H2. The quantitative estimate of drug-likeness (QED) is 0.533. The lowest BCUT2D eigenvalue weighted by Crippen LogP contribution is -2.51. The van der Waals surface area contributed by atoms with Gasteiger partial charge in [0, 0.05) is 40.4 Å². The highest BCUT2D eigenvalue weighted by atomic mass is 35.5. The van der Waals surface area contributed by atoms with Gasteiger partial charge in [0.15, 0.2) is 5.66 Å². The number of hydrogen-bond donors (Lipinski definition) is 0. The van der Waals surface area contributed by atoms with Gasteiger partial charge in [-0.1, -0.05) is 41.9 Å². The average Bonchev–Trinajstić information content (AvgIpc) is 3.29. The van der Waals surface area contributed by atoms with E-state index in [-0.39, 0.29) is 18.0 Å². The predicted octanol–water partition coefficient (Wildman–Crippen LogP) is 5.17. The van der Waals surface area contributed by atoms with E-state index in [1.54, 1.807) is 58.3 Å². The molecule has 0 bridgehead atoms. The summed E-state index contributed by atoms with van der Waals surface area (Å²) in [7, 11) is 0. The van der Waals surface area contributed by atoms with Crippen molar-refractivity contribution in [1.29, 1.82) is 0 Å². The first-order valence-electron chi connectivity index (χ1n) is 9.91. The second-order valence-corrected chi connectivity index (χ2v) is 8.15. The smallest absolute Gasteiger partial charge is 0.306 e. The molecule has 0 radical (unpaired) electrons. The normalized spacial score (nSPS) is 19.8. The average molecular weight is 457 g/mol. The van der Waals surface area contributed by atoms with Crippen molar-refractivity contribution in [1.82, 2.24) is 9.80 Å². The van der Waals surface area contributed by atoms with Crippen LogP contribution < -0.4 is 0 Å². The van der Waals surface area contributed by atoms with E-state index in [4.69, 9.17) is 11.6 Å². The van der Waals surface area contributed by atoms with Gasteiger partial charge in [-0.15, -0.1) is 0 Å². The Labute approximate surface area is 186 Å². The number of hydrogen-bond acceptors (Lipinski definition) is 2. The summed E-state index contributed by atoms with van der Waals surface area (Å²) in [6.07, 6.45) is -4.49. The van der Waals surface area contributed by atoms with Crippen LogP contribution in [0.15, 0.2) is 72.8 Å². The van der Waals surface area contributed by atoms with Crippen molar-refractivity contribution in [2.75, 3.05) is 13.1 Å². The Balaban J connectivity index is 1.66. The summed E-state index contributed by atoms with van der Waals surface area (Å²) in [5, 5.41) is 0.507. The van der Waals surface area contributed by atoms with Crippen molar-refractivity contribution in [2.24, 2.45) is 0 Å². The Kier molecular flexibility index (Phi) is 4.57. The molecule has 3 aromatic carbocycles. The van der Waals surface area contributed by atoms with Crippen LogP contribution in [0.3, 0.4) is 0 Å². The third-order valence-electron chi connectivity index (χ3n) is 6.06. The highest BCUT2D eigenvalue weighted by Gasteiger charge is 2.59. The van der Waals surface area contributed by atoms with Crippen molar-refractivity contribution in [3.63, 3.8) is 0 Å². The molecular weight excluding hydrogens is 441 g/mol. The molecule has 0 spiro atoms. The van der Waals surface area contributed by atoms with Gasteiger partial charge < -0.3 is 9.80 Å². The van der Waals surface area contributed by atoms with Gasteiger partial charge in [0.1, 0.15) is 0 Å². The number of halogens is 4. The van der Waals surface area contributed by atoms with Crippen molar-refractivity contribution in [3.8, 4) is 0 Å². The summed E-state index contributed by atoms with van der Waals surface area (Å²) in [5.74, 6) is -0.654. The van der Waals surface area contributed by atoms with Crippen LogP contribution in [-0.2, 0) is 11.8 Å². The molecule has 0 saturated carbocycles. The summed E-state index contributed by atoms with van der Waals surface area (Å²) in [6, 6.07) is 18.1. The molecule has 0 aliphatic carbocycles. The van der Waals surface area contributed by atoms with Gasteiger partial charge in [-0.05, 0) is 42.5 Å². The van der Waals surface area contributed by atoms with Crippen LogP contribution in [0.4, 0.5) is 13.2 Å². The second kappa shape index (κ2) is 7.10. The number of benzene rings is 3. The largest absolute Gasteiger partial charge is 0.416 e. The maximum Gasteiger partial charge on any atom is 0.416 e. The minimum Gasteiger partial charge on any atom is -0.306 e. The van der Waals surface area contributed by atoms with E-state index in [0.717, 1.165) is 12.1 Å². The van der Waals surface area contributed by atoms with E-state index in [1.807, 2.05) is 0 Å². The summed E-state index contributed by atoms with van der Waals surface area (Å²) >= 11 is 6.08. The van der Waals surface area contributed by atoms with E-state index in [0.29, 0.717) is 28.3 Å². The number of amides is 2. The minimum atomic E-state index is -4.49. The molecule has 1 fully saturated rings. The third-order valence-corrected chi connectivity index (χ3v) is 6.31. The molecule has 1 atom stereocenters. The van der Waals surface area contributed by atoms with E-state index in [9.17, 15) is 22.8 Å². The Bertz CT molecular complexity index is 1230. The zero-order chi connectivity index (χ0) is 22.7. The van der Waals surface area contributed by atoms with Gasteiger partial charge in [-0.3, -0.25) is 9.59 Å². The van der Waals surface area contributed by atoms with Gasteiger partial charge in [0.05, 0.1) is 5.56 Å². The van der Waals surface area contributed by atoms with Crippen molar-refractivity contribution in [2.45, 2.75) is 11.8 Å². The lowest BCUT2D eigenvalue weighted by Gasteiger charge is -2.40. The monoisotopic (exact) mass is 456 g/mol. The first-order chi connectivity index (χ1) is 15.2. The van der Waals surface area contributed by atoms with E-state index < -0.39 is 23.3 Å². The van der Waals surface area contributed by atoms with Crippen LogP contribution >= 0.6 is 11.6 Å². The van der Waals surface area contributed by atoms with Gasteiger partial charge >= 0.3 is 6.18 Å². The number of fused-ring (bicyclic) bond motifs is 3.